The lowest BCUT2D eigenvalue weighted by molar-refractivity contribution is 0.392. The van der Waals surface area contributed by atoms with Crippen LogP contribution in [-0.4, -0.2) is 5.16 Å². The van der Waals surface area contributed by atoms with Gasteiger partial charge in [-0.15, -0.1) is 0 Å². The average molecular weight is 299 g/mol. The summed E-state index contributed by atoms with van der Waals surface area (Å²) in [6.07, 6.45) is 0. The molecule has 3 rings (SSSR count). The van der Waals surface area contributed by atoms with Crippen LogP contribution in [0.5, 0.6) is 0 Å². The minimum absolute atomic E-state index is 0.174. The van der Waals surface area contributed by atoms with Gasteiger partial charge < -0.3 is 4.52 Å². The summed E-state index contributed by atoms with van der Waals surface area (Å²) in [7, 11) is 0. The molecule has 3 aromatic rings. The van der Waals surface area contributed by atoms with Crippen molar-refractivity contribution < 1.29 is 13.3 Å². The van der Waals surface area contributed by atoms with Crippen LogP contribution in [0.3, 0.4) is 0 Å². The zero-order valence-electron chi connectivity index (χ0n) is 12.3. The van der Waals surface area contributed by atoms with Gasteiger partial charge in [0, 0.05) is 11.5 Å². The molecule has 0 fully saturated rings. The third kappa shape index (κ3) is 2.64. The lowest BCUT2D eigenvalue weighted by Crippen LogP contribution is -2.06. The molecule has 0 bridgehead atoms. The van der Waals surface area contributed by atoms with E-state index < -0.39 is 0 Å². The van der Waals surface area contributed by atoms with E-state index in [0.717, 1.165) is 22.4 Å². The molecule has 0 unspecified atom stereocenters. The summed E-state index contributed by atoms with van der Waals surface area (Å²) in [5.74, 6) is -0.0515. The summed E-state index contributed by atoms with van der Waals surface area (Å²) < 4.78 is 31.7. The highest BCUT2D eigenvalue weighted by Crippen LogP contribution is 2.35. The summed E-state index contributed by atoms with van der Waals surface area (Å²) in [6.45, 7) is 3.71. The molecule has 0 radical (unpaired) electrons. The van der Waals surface area contributed by atoms with Crippen molar-refractivity contribution in [2.24, 2.45) is 0 Å². The molecule has 0 saturated heterocycles. The van der Waals surface area contributed by atoms with Gasteiger partial charge in [0.2, 0.25) is 0 Å². The van der Waals surface area contributed by atoms with E-state index >= 15 is 0 Å². The van der Waals surface area contributed by atoms with Crippen LogP contribution in [0.25, 0.3) is 0 Å². The van der Waals surface area contributed by atoms with Crippen molar-refractivity contribution in [2.45, 2.75) is 19.8 Å². The molecule has 22 heavy (non-hydrogen) atoms. The first-order valence-corrected chi connectivity index (χ1v) is 7.00. The first kappa shape index (κ1) is 14.4. The molecular formula is C18H15F2NO. The van der Waals surface area contributed by atoms with Crippen LogP contribution < -0.4 is 0 Å². The molecule has 0 atom stereocenters. The SMILES string of the molecule is Cc1noc(C)c1C(c1ccc(F)cc1)c1ccc(F)cc1. The summed E-state index contributed by atoms with van der Waals surface area (Å²) >= 11 is 0. The van der Waals surface area contributed by atoms with Crippen LogP contribution in [0.1, 0.15) is 34.1 Å². The summed E-state index contributed by atoms with van der Waals surface area (Å²) in [6, 6.07) is 12.6. The molecule has 2 aromatic carbocycles. The van der Waals surface area contributed by atoms with E-state index in [-0.39, 0.29) is 17.6 Å². The Morgan fingerprint density at radius 3 is 1.64 bits per heavy atom. The van der Waals surface area contributed by atoms with E-state index in [1.807, 2.05) is 13.8 Å². The van der Waals surface area contributed by atoms with E-state index in [9.17, 15) is 8.78 Å². The second kappa shape index (κ2) is 5.72. The van der Waals surface area contributed by atoms with E-state index in [0.29, 0.717) is 5.76 Å². The largest absolute Gasteiger partial charge is 0.361 e. The molecule has 1 aromatic heterocycles. The molecule has 0 amide bonds. The topological polar surface area (TPSA) is 26.0 Å². The Bertz CT molecular complexity index is 711. The van der Waals surface area contributed by atoms with Crippen molar-refractivity contribution in [1.29, 1.82) is 0 Å². The second-order valence-electron chi connectivity index (χ2n) is 5.27. The van der Waals surface area contributed by atoms with Gasteiger partial charge in [-0.3, -0.25) is 0 Å². The maximum Gasteiger partial charge on any atom is 0.138 e. The van der Waals surface area contributed by atoms with Crippen LogP contribution in [0.15, 0.2) is 53.1 Å². The standard InChI is InChI=1S/C18H15F2NO/c1-11-17(12(2)22-21-11)18(13-3-7-15(19)8-4-13)14-5-9-16(20)10-6-14/h3-10,18H,1-2H3. The number of rotatable bonds is 3. The fraction of sp³-hybridized carbons (Fsp3) is 0.167. The van der Waals surface area contributed by atoms with Crippen LogP contribution in [-0.2, 0) is 0 Å². The molecule has 4 heteroatoms. The van der Waals surface area contributed by atoms with Crippen LogP contribution in [0.4, 0.5) is 8.78 Å². The predicted octanol–water partition coefficient (Wildman–Crippen LogP) is 4.75. The predicted molar refractivity (Wildman–Crippen MR) is 79.7 cm³/mol. The van der Waals surface area contributed by atoms with E-state index in [2.05, 4.69) is 5.16 Å². The Morgan fingerprint density at radius 1 is 0.818 bits per heavy atom. The molecule has 1 heterocycles. The van der Waals surface area contributed by atoms with Gasteiger partial charge in [-0.05, 0) is 49.2 Å². The zero-order valence-corrected chi connectivity index (χ0v) is 12.3. The number of halogens is 2. The van der Waals surface area contributed by atoms with Gasteiger partial charge in [0.05, 0.1) is 5.69 Å². The van der Waals surface area contributed by atoms with Crippen molar-refractivity contribution >= 4 is 0 Å². The van der Waals surface area contributed by atoms with Crippen molar-refractivity contribution in [1.82, 2.24) is 5.16 Å². The lowest BCUT2D eigenvalue weighted by Gasteiger charge is -2.18. The van der Waals surface area contributed by atoms with Gasteiger partial charge in [-0.1, -0.05) is 29.4 Å². The van der Waals surface area contributed by atoms with Crippen LogP contribution in [0.2, 0.25) is 0 Å². The van der Waals surface area contributed by atoms with Gasteiger partial charge in [-0.25, -0.2) is 8.78 Å². The monoisotopic (exact) mass is 299 g/mol. The van der Waals surface area contributed by atoms with E-state index in [1.165, 1.54) is 24.3 Å². The van der Waals surface area contributed by atoms with Gasteiger partial charge in [0.15, 0.2) is 0 Å². The van der Waals surface area contributed by atoms with Crippen molar-refractivity contribution in [3.63, 3.8) is 0 Å². The summed E-state index contributed by atoms with van der Waals surface area (Å²) in [4.78, 5) is 0. The number of nitrogens with zero attached hydrogens (tertiary/aromatic N) is 1. The second-order valence-corrected chi connectivity index (χ2v) is 5.27. The molecule has 0 N–H and O–H groups in total. The maximum absolute atomic E-state index is 13.2. The van der Waals surface area contributed by atoms with Crippen molar-refractivity contribution in [3.05, 3.63) is 88.3 Å². The number of aryl methyl sites for hydroxylation is 2. The quantitative estimate of drug-likeness (QED) is 0.697. The maximum atomic E-state index is 13.2. The molecule has 2 nitrogen and oxygen atoms in total. The van der Waals surface area contributed by atoms with Crippen LogP contribution >= 0.6 is 0 Å². The first-order chi connectivity index (χ1) is 10.6. The Balaban J connectivity index is 2.18. The third-order valence-electron chi connectivity index (χ3n) is 3.78. The molecular weight excluding hydrogens is 284 g/mol. The van der Waals surface area contributed by atoms with Gasteiger partial charge in [0.25, 0.3) is 0 Å². The average Bonchev–Trinajstić information content (AvgIpc) is 2.83. The Kier molecular flexibility index (Phi) is 3.75. The normalized spacial score (nSPS) is 11.1. The van der Waals surface area contributed by atoms with Crippen molar-refractivity contribution in [2.75, 3.05) is 0 Å². The zero-order chi connectivity index (χ0) is 15.7. The number of hydrogen-bond acceptors (Lipinski definition) is 2. The minimum Gasteiger partial charge on any atom is -0.361 e. The minimum atomic E-state index is -0.291. The fourth-order valence-corrected chi connectivity index (χ4v) is 2.74. The summed E-state index contributed by atoms with van der Waals surface area (Å²) in [5.41, 5.74) is 3.51. The Hall–Kier alpha value is -2.49. The smallest absolute Gasteiger partial charge is 0.138 e. The van der Waals surface area contributed by atoms with Gasteiger partial charge >= 0.3 is 0 Å². The highest BCUT2D eigenvalue weighted by molar-refractivity contribution is 5.45. The first-order valence-electron chi connectivity index (χ1n) is 7.00. The molecule has 0 aliphatic carbocycles. The lowest BCUT2D eigenvalue weighted by atomic mass is 9.84. The fourth-order valence-electron chi connectivity index (χ4n) is 2.74. The number of hydrogen-bond donors (Lipinski definition) is 0. The molecule has 0 spiro atoms. The third-order valence-corrected chi connectivity index (χ3v) is 3.78. The van der Waals surface area contributed by atoms with Gasteiger partial charge in [-0.2, -0.15) is 0 Å². The van der Waals surface area contributed by atoms with Gasteiger partial charge in [0.1, 0.15) is 17.4 Å². The number of benzene rings is 2. The highest BCUT2D eigenvalue weighted by Gasteiger charge is 2.24. The van der Waals surface area contributed by atoms with E-state index in [4.69, 9.17) is 4.52 Å². The molecule has 112 valence electrons. The molecule has 0 aliphatic heterocycles. The Morgan fingerprint density at radius 2 is 1.27 bits per heavy atom. The molecule has 0 aliphatic rings. The van der Waals surface area contributed by atoms with Crippen LogP contribution in [0, 0.1) is 25.5 Å². The van der Waals surface area contributed by atoms with E-state index in [1.54, 1.807) is 24.3 Å². The molecule has 0 saturated carbocycles. The van der Waals surface area contributed by atoms with Crippen molar-refractivity contribution in [3.8, 4) is 0 Å². The summed E-state index contributed by atoms with van der Waals surface area (Å²) in [5, 5.41) is 4.00. The highest BCUT2D eigenvalue weighted by atomic mass is 19.1. The number of aromatic nitrogens is 1. The Labute approximate surface area is 127 Å².